The van der Waals surface area contributed by atoms with Gasteiger partial charge in [0.25, 0.3) is 0 Å². The Kier molecular flexibility index (Phi) is 12.7. The summed E-state index contributed by atoms with van der Waals surface area (Å²) in [5, 5.41) is 2.92. The minimum atomic E-state index is 0.874. The highest BCUT2D eigenvalue weighted by atomic mass is 14.2. The van der Waals surface area contributed by atoms with Crippen LogP contribution in [-0.2, 0) is 25.7 Å². The molecule has 0 atom stereocenters. The summed E-state index contributed by atoms with van der Waals surface area (Å²) in [5.74, 6) is 14.0. The SMILES string of the molecule is CCCCC#CCc1c(CC#CCCCC)c(CCCC)c2ccccc2c1CCCC. The van der Waals surface area contributed by atoms with Gasteiger partial charge >= 0.3 is 0 Å². The fourth-order valence-corrected chi connectivity index (χ4v) is 4.41. The van der Waals surface area contributed by atoms with Crippen molar-refractivity contribution < 1.29 is 0 Å². The van der Waals surface area contributed by atoms with Crippen molar-refractivity contribution in [1.82, 2.24) is 0 Å². The van der Waals surface area contributed by atoms with E-state index in [-0.39, 0.29) is 0 Å². The number of hydrogen-bond acceptors (Lipinski definition) is 0. The Morgan fingerprint density at radius 3 is 1.28 bits per heavy atom. The molecular formula is C32H44. The third-order valence-corrected chi connectivity index (χ3v) is 6.32. The van der Waals surface area contributed by atoms with Crippen molar-refractivity contribution in [3.8, 4) is 23.7 Å². The van der Waals surface area contributed by atoms with Crippen molar-refractivity contribution >= 4 is 10.8 Å². The molecule has 0 bridgehead atoms. The lowest BCUT2D eigenvalue weighted by Gasteiger charge is -2.21. The van der Waals surface area contributed by atoms with Gasteiger partial charge in [0, 0.05) is 25.7 Å². The molecular weight excluding hydrogens is 384 g/mol. The van der Waals surface area contributed by atoms with Gasteiger partial charge in [-0.3, -0.25) is 0 Å². The first kappa shape index (κ1) is 26.1. The molecule has 0 radical (unpaired) electrons. The van der Waals surface area contributed by atoms with Crippen LogP contribution in [0.1, 0.15) is 114 Å². The van der Waals surface area contributed by atoms with E-state index in [0.29, 0.717) is 0 Å². The van der Waals surface area contributed by atoms with Gasteiger partial charge in [-0.2, -0.15) is 0 Å². The van der Waals surface area contributed by atoms with Crippen LogP contribution in [0.3, 0.4) is 0 Å². The molecule has 0 heteroatoms. The second kappa shape index (κ2) is 15.6. The summed E-state index contributed by atoms with van der Waals surface area (Å²) in [6, 6.07) is 9.12. The highest BCUT2D eigenvalue weighted by molar-refractivity contribution is 5.91. The van der Waals surface area contributed by atoms with Crippen LogP contribution in [0.2, 0.25) is 0 Å². The number of benzene rings is 2. The topological polar surface area (TPSA) is 0 Å². The predicted octanol–water partition coefficient (Wildman–Crippen LogP) is 9.00. The number of aryl methyl sites for hydroxylation is 2. The second-order valence-corrected chi connectivity index (χ2v) is 8.93. The van der Waals surface area contributed by atoms with E-state index >= 15 is 0 Å². The molecule has 0 amide bonds. The van der Waals surface area contributed by atoms with Gasteiger partial charge in [-0.25, -0.2) is 0 Å². The number of fused-ring (bicyclic) bond motifs is 1. The Morgan fingerprint density at radius 1 is 0.500 bits per heavy atom. The van der Waals surface area contributed by atoms with Gasteiger partial charge in [-0.15, -0.1) is 11.8 Å². The molecule has 2 rings (SSSR count). The Hall–Kier alpha value is -2.18. The maximum atomic E-state index is 3.55. The van der Waals surface area contributed by atoms with E-state index < -0.39 is 0 Å². The minimum absolute atomic E-state index is 0.874. The maximum absolute atomic E-state index is 3.55. The molecule has 32 heavy (non-hydrogen) atoms. The monoisotopic (exact) mass is 428 g/mol. The number of unbranched alkanes of at least 4 members (excludes halogenated alkanes) is 6. The van der Waals surface area contributed by atoms with Crippen LogP contribution in [0.25, 0.3) is 10.8 Å². The lowest BCUT2D eigenvalue weighted by atomic mass is 9.83. The van der Waals surface area contributed by atoms with Crippen LogP contribution in [-0.4, -0.2) is 0 Å². The van der Waals surface area contributed by atoms with Crippen molar-refractivity contribution in [2.45, 2.75) is 118 Å². The average molecular weight is 429 g/mol. The summed E-state index contributed by atoms with van der Waals surface area (Å²) in [5.41, 5.74) is 6.07. The molecule has 0 aliphatic heterocycles. The molecule has 0 aliphatic carbocycles. The van der Waals surface area contributed by atoms with Crippen molar-refractivity contribution in [2.24, 2.45) is 0 Å². The molecule has 0 aromatic heterocycles. The van der Waals surface area contributed by atoms with E-state index in [4.69, 9.17) is 0 Å². The van der Waals surface area contributed by atoms with E-state index in [1.54, 1.807) is 0 Å². The van der Waals surface area contributed by atoms with Crippen LogP contribution in [0, 0.1) is 23.7 Å². The first-order chi connectivity index (χ1) is 15.8. The highest BCUT2D eigenvalue weighted by Crippen LogP contribution is 2.34. The fraction of sp³-hybridized carbons (Fsp3) is 0.562. The van der Waals surface area contributed by atoms with E-state index in [2.05, 4.69) is 75.6 Å². The molecule has 0 nitrogen and oxygen atoms in total. The molecule has 0 spiro atoms. The van der Waals surface area contributed by atoms with Gasteiger partial charge in [-0.05, 0) is 71.6 Å². The van der Waals surface area contributed by atoms with Gasteiger partial charge < -0.3 is 0 Å². The Morgan fingerprint density at radius 2 is 0.906 bits per heavy atom. The van der Waals surface area contributed by atoms with Gasteiger partial charge in [-0.1, -0.05) is 89.5 Å². The molecule has 0 N–H and O–H groups in total. The van der Waals surface area contributed by atoms with E-state index in [0.717, 1.165) is 38.5 Å². The molecule has 172 valence electrons. The van der Waals surface area contributed by atoms with Crippen LogP contribution in [0.4, 0.5) is 0 Å². The van der Waals surface area contributed by atoms with Gasteiger partial charge in [0.1, 0.15) is 0 Å². The molecule has 0 heterocycles. The highest BCUT2D eigenvalue weighted by Gasteiger charge is 2.17. The Balaban J connectivity index is 2.63. The Labute approximate surface area is 198 Å². The normalized spacial score (nSPS) is 10.5. The quantitative estimate of drug-likeness (QED) is 0.234. The molecule has 0 unspecified atom stereocenters. The fourth-order valence-electron chi connectivity index (χ4n) is 4.41. The van der Waals surface area contributed by atoms with Gasteiger partial charge in [0.05, 0.1) is 0 Å². The summed E-state index contributed by atoms with van der Waals surface area (Å²) in [7, 11) is 0. The average Bonchev–Trinajstić information content (AvgIpc) is 2.82. The summed E-state index contributed by atoms with van der Waals surface area (Å²) < 4.78 is 0. The Bertz CT molecular complexity index is 861. The summed E-state index contributed by atoms with van der Waals surface area (Å²) in [6.07, 6.45) is 15.8. The van der Waals surface area contributed by atoms with E-state index in [1.807, 2.05) is 0 Å². The molecule has 0 aliphatic rings. The third-order valence-electron chi connectivity index (χ3n) is 6.32. The minimum Gasteiger partial charge on any atom is -0.103 e. The van der Waals surface area contributed by atoms with Crippen LogP contribution in [0.5, 0.6) is 0 Å². The van der Waals surface area contributed by atoms with Crippen LogP contribution in [0.15, 0.2) is 24.3 Å². The molecule has 0 saturated heterocycles. The zero-order valence-corrected chi connectivity index (χ0v) is 21.2. The van der Waals surface area contributed by atoms with Crippen LogP contribution >= 0.6 is 0 Å². The largest absolute Gasteiger partial charge is 0.103 e. The number of hydrogen-bond donors (Lipinski definition) is 0. The molecule has 0 saturated carbocycles. The van der Waals surface area contributed by atoms with Crippen molar-refractivity contribution in [1.29, 1.82) is 0 Å². The van der Waals surface area contributed by atoms with Crippen LogP contribution < -0.4 is 0 Å². The van der Waals surface area contributed by atoms with E-state index in [1.165, 1.54) is 84.4 Å². The lowest BCUT2D eigenvalue weighted by molar-refractivity contribution is 0.781. The second-order valence-electron chi connectivity index (χ2n) is 8.93. The third kappa shape index (κ3) is 7.75. The summed E-state index contributed by atoms with van der Waals surface area (Å²) >= 11 is 0. The summed E-state index contributed by atoms with van der Waals surface area (Å²) in [4.78, 5) is 0. The van der Waals surface area contributed by atoms with Crippen molar-refractivity contribution in [2.75, 3.05) is 0 Å². The van der Waals surface area contributed by atoms with E-state index in [9.17, 15) is 0 Å². The molecule has 2 aromatic rings. The zero-order valence-electron chi connectivity index (χ0n) is 21.2. The zero-order chi connectivity index (χ0) is 23.0. The predicted molar refractivity (Wildman–Crippen MR) is 143 cm³/mol. The molecule has 0 fully saturated rings. The van der Waals surface area contributed by atoms with Gasteiger partial charge in [0.2, 0.25) is 0 Å². The maximum Gasteiger partial charge on any atom is 0.0346 e. The first-order valence-corrected chi connectivity index (χ1v) is 13.2. The molecule has 2 aromatic carbocycles. The standard InChI is InChI=1S/C32H44/c1-5-9-13-15-17-23-29-27(21-11-7-3)31-25-19-20-26-32(31)28(22-12-8-4)30(29)24-18-16-14-10-6-2/h19-20,25-26H,5-14,21-24H2,1-4H3. The van der Waals surface area contributed by atoms with Gasteiger partial charge in [0.15, 0.2) is 0 Å². The summed E-state index contributed by atoms with van der Waals surface area (Å²) in [6.45, 7) is 9.07. The van der Waals surface area contributed by atoms with Crippen molar-refractivity contribution in [3.63, 3.8) is 0 Å². The van der Waals surface area contributed by atoms with Crippen molar-refractivity contribution in [3.05, 3.63) is 46.5 Å². The lowest BCUT2D eigenvalue weighted by Crippen LogP contribution is -2.07. The number of rotatable bonds is 12. The first-order valence-electron chi connectivity index (χ1n) is 13.2. The smallest absolute Gasteiger partial charge is 0.0346 e.